The van der Waals surface area contributed by atoms with E-state index in [4.69, 9.17) is 16.3 Å². The first kappa shape index (κ1) is 14.7. The van der Waals surface area contributed by atoms with Gasteiger partial charge in [-0.25, -0.2) is 0 Å². The minimum atomic E-state index is -1.08. The Bertz CT molecular complexity index is 543. The van der Waals surface area contributed by atoms with E-state index in [-0.39, 0.29) is 29.4 Å². The van der Waals surface area contributed by atoms with Crippen LogP contribution in [0.1, 0.15) is 16.8 Å². The van der Waals surface area contributed by atoms with Gasteiger partial charge in [-0.2, -0.15) is 0 Å². The summed E-state index contributed by atoms with van der Waals surface area (Å²) >= 11 is 5.67. The minimum Gasteiger partial charge on any atom is -0.386 e. The monoisotopic (exact) mass is 300 g/mol. The number of halogens is 1. The van der Waals surface area contributed by atoms with E-state index in [0.717, 1.165) is 6.07 Å². The van der Waals surface area contributed by atoms with Crippen molar-refractivity contribution in [1.82, 2.24) is 5.32 Å². The lowest BCUT2D eigenvalue weighted by atomic mass is 10.0. The SMILES string of the molecule is O=C(NCC1(O)CCOC1)c1ccc(Cl)c([N+](=O)[O-])c1. The quantitative estimate of drug-likeness (QED) is 0.641. The van der Waals surface area contributed by atoms with Crippen molar-refractivity contribution in [2.45, 2.75) is 12.0 Å². The Morgan fingerprint density at radius 2 is 2.35 bits per heavy atom. The Labute approximate surface area is 119 Å². The van der Waals surface area contributed by atoms with Crippen LogP contribution in [0, 0.1) is 10.1 Å². The van der Waals surface area contributed by atoms with Crippen LogP contribution in [0.4, 0.5) is 5.69 Å². The average molecular weight is 301 g/mol. The number of carbonyl (C=O) groups excluding carboxylic acids is 1. The first-order valence-corrected chi connectivity index (χ1v) is 6.31. The largest absolute Gasteiger partial charge is 0.386 e. The fraction of sp³-hybridized carbons (Fsp3) is 0.417. The van der Waals surface area contributed by atoms with Crippen LogP contribution in [0.5, 0.6) is 0 Å². The predicted octanol–water partition coefficient (Wildman–Crippen LogP) is 1.13. The summed E-state index contributed by atoms with van der Waals surface area (Å²) in [5.74, 6) is -0.509. The molecule has 0 aliphatic carbocycles. The average Bonchev–Trinajstić information content (AvgIpc) is 2.84. The molecule has 7 nitrogen and oxygen atoms in total. The standard InChI is InChI=1S/C12H13ClN2O5/c13-9-2-1-8(5-10(9)15(18)19)11(16)14-6-12(17)3-4-20-7-12/h1-2,5,17H,3-4,6-7H2,(H,14,16). The van der Waals surface area contributed by atoms with Crippen molar-refractivity contribution in [1.29, 1.82) is 0 Å². The first-order valence-electron chi connectivity index (χ1n) is 5.94. The Morgan fingerprint density at radius 1 is 1.60 bits per heavy atom. The highest BCUT2D eigenvalue weighted by atomic mass is 35.5. The molecule has 0 radical (unpaired) electrons. The molecule has 1 fully saturated rings. The Balaban J connectivity index is 2.06. The van der Waals surface area contributed by atoms with Gasteiger partial charge in [-0.05, 0) is 12.1 Å². The van der Waals surface area contributed by atoms with Crippen LogP contribution >= 0.6 is 11.6 Å². The number of nitrogens with one attached hydrogen (secondary N) is 1. The van der Waals surface area contributed by atoms with Gasteiger partial charge in [-0.15, -0.1) is 0 Å². The second-order valence-electron chi connectivity index (χ2n) is 4.63. The van der Waals surface area contributed by atoms with Crippen molar-refractivity contribution >= 4 is 23.2 Å². The molecule has 1 aromatic carbocycles. The summed E-state index contributed by atoms with van der Waals surface area (Å²) in [6.07, 6.45) is 0.439. The lowest BCUT2D eigenvalue weighted by Crippen LogP contribution is -2.43. The van der Waals surface area contributed by atoms with Crippen LogP contribution in [-0.4, -0.2) is 41.3 Å². The Morgan fingerprint density at radius 3 is 2.95 bits per heavy atom. The van der Waals surface area contributed by atoms with Gasteiger partial charge >= 0.3 is 0 Å². The number of amides is 1. The van der Waals surface area contributed by atoms with Crippen molar-refractivity contribution in [2.75, 3.05) is 19.8 Å². The summed E-state index contributed by atoms with van der Waals surface area (Å²) in [6.45, 7) is 0.634. The van der Waals surface area contributed by atoms with Crippen LogP contribution in [0.25, 0.3) is 0 Å². The van der Waals surface area contributed by atoms with E-state index < -0.39 is 16.4 Å². The zero-order valence-corrected chi connectivity index (χ0v) is 11.2. The fourth-order valence-corrected chi connectivity index (χ4v) is 2.06. The molecular formula is C12H13ClN2O5. The van der Waals surface area contributed by atoms with Crippen molar-refractivity contribution in [2.24, 2.45) is 0 Å². The topological polar surface area (TPSA) is 102 Å². The van der Waals surface area contributed by atoms with Crippen molar-refractivity contribution in [3.8, 4) is 0 Å². The molecule has 1 aromatic rings. The van der Waals surface area contributed by atoms with Gasteiger partial charge in [0.25, 0.3) is 11.6 Å². The van der Waals surface area contributed by atoms with Gasteiger partial charge in [0.2, 0.25) is 0 Å². The molecular weight excluding hydrogens is 288 g/mol. The molecule has 2 rings (SSSR count). The van der Waals surface area contributed by atoms with Crippen molar-refractivity contribution < 1.29 is 19.6 Å². The lowest BCUT2D eigenvalue weighted by Gasteiger charge is -2.20. The van der Waals surface area contributed by atoms with Gasteiger partial charge in [0.05, 0.1) is 11.5 Å². The molecule has 1 heterocycles. The molecule has 108 valence electrons. The first-order chi connectivity index (χ1) is 9.41. The van der Waals surface area contributed by atoms with E-state index in [1.165, 1.54) is 12.1 Å². The summed E-state index contributed by atoms with van der Waals surface area (Å²) < 4.78 is 5.06. The maximum absolute atomic E-state index is 11.9. The zero-order chi connectivity index (χ0) is 14.8. The predicted molar refractivity (Wildman–Crippen MR) is 70.8 cm³/mol. The molecule has 20 heavy (non-hydrogen) atoms. The molecule has 0 spiro atoms. The van der Waals surface area contributed by atoms with E-state index in [1.54, 1.807) is 0 Å². The smallest absolute Gasteiger partial charge is 0.288 e. The lowest BCUT2D eigenvalue weighted by molar-refractivity contribution is -0.384. The maximum Gasteiger partial charge on any atom is 0.288 e. The normalized spacial score (nSPS) is 21.7. The van der Waals surface area contributed by atoms with Gasteiger partial charge in [0.15, 0.2) is 0 Å². The highest BCUT2D eigenvalue weighted by Crippen LogP contribution is 2.25. The van der Waals surface area contributed by atoms with Gasteiger partial charge in [-0.1, -0.05) is 11.6 Å². The molecule has 2 N–H and O–H groups in total. The number of nitro groups is 1. The third-order valence-corrected chi connectivity index (χ3v) is 3.39. The summed E-state index contributed by atoms with van der Waals surface area (Å²) in [5, 5.41) is 23.3. The highest BCUT2D eigenvalue weighted by molar-refractivity contribution is 6.32. The number of hydrogen-bond acceptors (Lipinski definition) is 5. The minimum absolute atomic E-state index is 0.0300. The number of nitro benzene ring substituents is 1. The molecule has 8 heteroatoms. The molecule has 1 saturated heterocycles. The number of benzene rings is 1. The summed E-state index contributed by atoms with van der Waals surface area (Å²) in [7, 11) is 0. The fourth-order valence-electron chi connectivity index (χ4n) is 1.88. The van der Waals surface area contributed by atoms with Crippen LogP contribution in [0.15, 0.2) is 18.2 Å². The molecule has 0 bridgehead atoms. The maximum atomic E-state index is 11.9. The van der Waals surface area contributed by atoms with Crippen molar-refractivity contribution in [3.63, 3.8) is 0 Å². The summed E-state index contributed by atoms with van der Waals surface area (Å²) in [6, 6.07) is 3.79. The third-order valence-electron chi connectivity index (χ3n) is 3.07. The van der Waals surface area contributed by atoms with Gasteiger partial charge in [-0.3, -0.25) is 14.9 Å². The third kappa shape index (κ3) is 3.24. The number of aliphatic hydroxyl groups is 1. The van der Waals surface area contributed by atoms with Crippen LogP contribution in [0.3, 0.4) is 0 Å². The molecule has 0 aromatic heterocycles. The van der Waals surface area contributed by atoms with Gasteiger partial charge in [0.1, 0.15) is 10.6 Å². The number of carbonyl (C=O) groups is 1. The number of hydrogen-bond donors (Lipinski definition) is 2. The second-order valence-corrected chi connectivity index (χ2v) is 5.04. The Hall–Kier alpha value is -1.70. The number of nitrogens with zero attached hydrogens (tertiary/aromatic N) is 1. The van der Waals surface area contributed by atoms with Crippen LogP contribution in [0.2, 0.25) is 5.02 Å². The molecule has 1 amide bonds. The van der Waals surface area contributed by atoms with E-state index in [2.05, 4.69) is 5.32 Å². The molecule has 1 aliphatic heterocycles. The highest BCUT2D eigenvalue weighted by Gasteiger charge is 2.32. The van der Waals surface area contributed by atoms with Crippen molar-refractivity contribution in [3.05, 3.63) is 38.9 Å². The Kier molecular flexibility index (Phi) is 4.22. The number of ether oxygens (including phenoxy) is 1. The van der Waals surface area contributed by atoms with Gasteiger partial charge < -0.3 is 15.2 Å². The van der Waals surface area contributed by atoms with Gasteiger partial charge in [0, 0.05) is 31.2 Å². The van der Waals surface area contributed by atoms with Crippen LogP contribution < -0.4 is 5.32 Å². The molecule has 0 saturated carbocycles. The van der Waals surface area contributed by atoms with E-state index in [0.29, 0.717) is 13.0 Å². The van der Waals surface area contributed by atoms with Crippen LogP contribution in [-0.2, 0) is 4.74 Å². The molecule has 1 unspecified atom stereocenters. The molecule has 1 atom stereocenters. The summed E-state index contributed by atoms with van der Waals surface area (Å²) in [4.78, 5) is 22.0. The second kappa shape index (κ2) is 5.74. The van der Waals surface area contributed by atoms with E-state index in [9.17, 15) is 20.0 Å². The van der Waals surface area contributed by atoms with E-state index in [1.807, 2.05) is 0 Å². The zero-order valence-electron chi connectivity index (χ0n) is 10.5. The molecule has 1 aliphatic rings. The summed E-state index contributed by atoms with van der Waals surface area (Å²) in [5.41, 5.74) is -1.29. The van der Waals surface area contributed by atoms with E-state index >= 15 is 0 Å². The number of rotatable bonds is 4.